The number of amides is 3. The van der Waals surface area contributed by atoms with Crippen molar-refractivity contribution in [1.29, 1.82) is 0 Å². The fourth-order valence-corrected chi connectivity index (χ4v) is 2.61. The lowest BCUT2D eigenvalue weighted by atomic mass is 10.1. The highest BCUT2D eigenvalue weighted by Gasteiger charge is 2.30. The molecule has 0 unspecified atom stereocenters. The molecule has 0 aliphatic carbocycles. The Bertz CT molecular complexity index is 811. The number of imide groups is 1. The minimum absolute atomic E-state index is 0.134. The smallest absolute Gasteiger partial charge is 0.255 e. The Morgan fingerprint density at radius 1 is 1.04 bits per heavy atom. The number of phenols is 1. The van der Waals surface area contributed by atoms with Gasteiger partial charge in [-0.15, -0.1) is 0 Å². The zero-order chi connectivity index (χ0) is 17.3. The Hall–Kier alpha value is -3.15. The summed E-state index contributed by atoms with van der Waals surface area (Å²) in [6.07, 6.45) is 0.447. The predicted octanol–water partition coefficient (Wildman–Crippen LogP) is 2.61. The summed E-state index contributed by atoms with van der Waals surface area (Å²) in [5.41, 5.74) is 2.23. The monoisotopic (exact) mass is 324 g/mol. The van der Waals surface area contributed by atoms with Crippen LogP contribution in [0, 0.1) is 6.92 Å². The van der Waals surface area contributed by atoms with Crippen molar-refractivity contribution in [3.8, 4) is 5.75 Å². The van der Waals surface area contributed by atoms with Gasteiger partial charge < -0.3 is 10.4 Å². The van der Waals surface area contributed by atoms with Gasteiger partial charge in [-0.2, -0.15) is 0 Å². The number of aromatic hydroxyl groups is 1. The first-order valence-corrected chi connectivity index (χ1v) is 7.52. The van der Waals surface area contributed by atoms with Gasteiger partial charge in [0.15, 0.2) is 0 Å². The molecule has 1 heterocycles. The van der Waals surface area contributed by atoms with E-state index in [2.05, 4.69) is 5.32 Å². The second-order valence-corrected chi connectivity index (χ2v) is 5.62. The molecule has 1 fully saturated rings. The van der Waals surface area contributed by atoms with E-state index >= 15 is 0 Å². The molecule has 6 nitrogen and oxygen atoms in total. The van der Waals surface area contributed by atoms with Gasteiger partial charge in [-0.1, -0.05) is 0 Å². The Labute approximate surface area is 138 Å². The molecule has 0 atom stereocenters. The minimum atomic E-state index is -0.311. The lowest BCUT2D eigenvalue weighted by Crippen LogP contribution is -2.28. The summed E-state index contributed by atoms with van der Waals surface area (Å²) in [4.78, 5) is 36.9. The van der Waals surface area contributed by atoms with Gasteiger partial charge in [0.25, 0.3) is 5.91 Å². The number of carbonyl (C=O) groups is 3. The molecule has 0 spiro atoms. The van der Waals surface area contributed by atoms with Crippen molar-refractivity contribution >= 4 is 29.1 Å². The van der Waals surface area contributed by atoms with Gasteiger partial charge in [-0.3, -0.25) is 19.3 Å². The zero-order valence-corrected chi connectivity index (χ0v) is 13.1. The van der Waals surface area contributed by atoms with Crippen LogP contribution in [0.3, 0.4) is 0 Å². The predicted molar refractivity (Wildman–Crippen MR) is 89.0 cm³/mol. The van der Waals surface area contributed by atoms with Crippen LogP contribution >= 0.6 is 0 Å². The summed E-state index contributed by atoms with van der Waals surface area (Å²) >= 11 is 0. The fraction of sp³-hybridized carbons (Fsp3) is 0.167. The summed E-state index contributed by atoms with van der Waals surface area (Å²) in [6.45, 7) is 1.78. The first-order valence-electron chi connectivity index (χ1n) is 7.52. The van der Waals surface area contributed by atoms with Gasteiger partial charge in [0, 0.05) is 24.1 Å². The summed E-state index contributed by atoms with van der Waals surface area (Å²) in [6, 6.07) is 11.0. The van der Waals surface area contributed by atoms with Crippen molar-refractivity contribution in [2.75, 3.05) is 10.2 Å². The molecule has 2 N–H and O–H groups in total. The molecule has 0 bridgehead atoms. The number of hydrogen-bond acceptors (Lipinski definition) is 4. The SMILES string of the molecule is Cc1cc(O)ccc1NC(=O)c1ccc(N2C(=O)CCC2=O)cc1. The average Bonchev–Trinajstić information content (AvgIpc) is 2.89. The lowest BCUT2D eigenvalue weighted by Gasteiger charge is -2.14. The molecule has 6 heteroatoms. The standard InChI is InChI=1S/C18H16N2O4/c1-11-10-14(21)6-7-15(11)19-18(24)12-2-4-13(5-3-12)20-16(22)8-9-17(20)23/h2-7,10,21H,8-9H2,1H3,(H,19,24). The number of rotatable bonds is 3. The van der Waals surface area contributed by atoms with Crippen molar-refractivity contribution in [2.24, 2.45) is 0 Å². The second-order valence-electron chi connectivity index (χ2n) is 5.62. The van der Waals surface area contributed by atoms with E-state index in [-0.39, 0.29) is 36.3 Å². The first kappa shape index (κ1) is 15.7. The Morgan fingerprint density at radius 2 is 1.67 bits per heavy atom. The molecule has 0 aromatic heterocycles. The van der Waals surface area contributed by atoms with E-state index in [1.807, 2.05) is 0 Å². The van der Waals surface area contributed by atoms with E-state index in [0.29, 0.717) is 16.9 Å². The van der Waals surface area contributed by atoms with Crippen molar-refractivity contribution in [3.05, 3.63) is 53.6 Å². The van der Waals surface area contributed by atoms with Gasteiger partial charge in [0.05, 0.1) is 5.69 Å². The van der Waals surface area contributed by atoms with Crippen molar-refractivity contribution in [3.63, 3.8) is 0 Å². The minimum Gasteiger partial charge on any atom is -0.508 e. The van der Waals surface area contributed by atoms with Crippen LogP contribution in [-0.2, 0) is 9.59 Å². The number of hydrogen-bond donors (Lipinski definition) is 2. The molecule has 1 aliphatic rings. The summed E-state index contributed by atoms with van der Waals surface area (Å²) in [7, 11) is 0. The van der Waals surface area contributed by atoms with Crippen LogP contribution in [0.4, 0.5) is 11.4 Å². The maximum atomic E-state index is 12.3. The van der Waals surface area contributed by atoms with E-state index in [9.17, 15) is 19.5 Å². The maximum absolute atomic E-state index is 12.3. The Morgan fingerprint density at radius 3 is 2.25 bits per heavy atom. The van der Waals surface area contributed by atoms with Crippen LogP contribution in [0.15, 0.2) is 42.5 Å². The normalized spacial score (nSPS) is 14.1. The van der Waals surface area contributed by atoms with Gasteiger partial charge in [0.2, 0.25) is 11.8 Å². The number of benzene rings is 2. The number of phenolic OH excluding ortho intramolecular Hbond substituents is 1. The Kier molecular flexibility index (Phi) is 4.04. The van der Waals surface area contributed by atoms with Crippen LogP contribution in [0.2, 0.25) is 0 Å². The van der Waals surface area contributed by atoms with Gasteiger partial charge in [0.1, 0.15) is 5.75 Å². The zero-order valence-electron chi connectivity index (χ0n) is 13.1. The molecule has 1 aliphatic heterocycles. The number of aryl methyl sites for hydroxylation is 1. The van der Waals surface area contributed by atoms with Crippen molar-refractivity contribution in [1.82, 2.24) is 0 Å². The lowest BCUT2D eigenvalue weighted by molar-refractivity contribution is -0.121. The number of nitrogens with one attached hydrogen (secondary N) is 1. The maximum Gasteiger partial charge on any atom is 0.255 e. The van der Waals surface area contributed by atoms with Crippen molar-refractivity contribution < 1.29 is 19.5 Å². The van der Waals surface area contributed by atoms with Gasteiger partial charge in [-0.05, 0) is 55.0 Å². The molecule has 1 saturated heterocycles. The summed E-state index contributed by atoms with van der Waals surface area (Å²) < 4.78 is 0. The molecule has 0 saturated carbocycles. The largest absolute Gasteiger partial charge is 0.508 e. The van der Waals surface area contributed by atoms with Gasteiger partial charge >= 0.3 is 0 Å². The second kappa shape index (κ2) is 6.16. The molecule has 3 rings (SSSR count). The molecule has 2 aromatic carbocycles. The Balaban J connectivity index is 1.76. The average molecular weight is 324 g/mol. The van der Waals surface area contributed by atoms with E-state index in [0.717, 1.165) is 10.5 Å². The van der Waals surface area contributed by atoms with E-state index < -0.39 is 0 Å². The molecular formula is C18H16N2O4. The third-order valence-corrected chi connectivity index (χ3v) is 3.90. The highest BCUT2D eigenvalue weighted by Crippen LogP contribution is 2.24. The molecular weight excluding hydrogens is 308 g/mol. The third kappa shape index (κ3) is 2.99. The molecule has 24 heavy (non-hydrogen) atoms. The van der Waals surface area contributed by atoms with Crippen LogP contribution in [0.5, 0.6) is 5.75 Å². The fourth-order valence-electron chi connectivity index (χ4n) is 2.61. The molecule has 3 amide bonds. The van der Waals surface area contributed by atoms with Crippen LogP contribution in [0.25, 0.3) is 0 Å². The van der Waals surface area contributed by atoms with Crippen LogP contribution in [0.1, 0.15) is 28.8 Å². The highest BCUT2D eigenvalue weighted by atomic mass is 16.3. The van der Waals surface area contributed by atoms with Crippen LogP contribution in [-0.4, -0.2) is 22.8 Å². The van der Waals surface area contributed by atoms with E-state index in [4.69, 9.17) is 0 Å². The molecule has 0 radical (unpaired) electrons. The summed E-state index contributed by atoms with van der Waals surface area (Å²) in [5, 5.41) is 12.2. The van der Waals surface area contributed by atoms with Crippen molar-refractivity contribution in [2.45, 2.75) is 19.8 Å². The van der Waals surface area contributed by atoms with Crippen LogP contribution < -0.4 is 10.2 Å². The third-order valence-electron chi connectivity index (χ3n) is 3.90. The highest BCUT2D eigenvalue weighted by molar-refractivity contribution is 6.20. The molecule has 2 aromatic rings. The van der Waals surface area contributed by atoms with Gasteiger partial charge in [-0.25, -0.2) is 0 Å². The topological polar surface area (TPSA) is 86.7 Å². The van der Waals surface area contributed by atoms with E-state index in [1.54, 1.807) is 43.3 Å². The molecule has 122 valence electrons. The summed E-state index contributed by atoms with van der Waals surface area (Å²) in [5.74, 6) is -0.627. The quantitative estimate of drug-likeness (QED) is 0.671. The van der Waals surface area contributed by atoms with E-state index in [1.165, 1.54) is 6.07 Å². The number of nitrogens with zero attached hydrogens (tertiary/aromatic N) is 1. The first-order chi connectivity index (χ1) is 11.5. The number of anilines is 2. The number of carbonyl (C=O) groups excluding carboxylic acids is 3.